The Morgan fingerprint density at radius 2 is 1.65 bits per heavy atom. The first kappa shape index (κ1) is 32.7. The van der Waals surface area contributed by atoms with Crippen LogP contribution in [0.2, 0.25) is 0 Å². The van der Waals surface area contributed by atoms with Gasteiger partial charge in [0.2, 0.25) is 0 Å². The van der Waals surface area contributed by atoms with Gasteiger partial charge in [0.05, 0.1) is 18.2 Å². The average Bonchev–Trinajstić information content (AvgIpc) is 2.80. The van der Waals surface area contributed by atoms with E-state index < -0.39 is 23.8 Å². The molecule has 0 aliphatic rings. The molecule has 0 bridgehead atoms. The summed E-state index contributed by atoms with van der Waals surface area (Å²) in [5.74, 6) is -1.15. The van der Waals surface area contributed by atoms with Gasteiger partial charge in [0, 0.05) is 23.5 Å². The lowest BCUT2D eigenvalue weighted by Gasteiger charge is -2.40. The second-order valence-corrected chi connectivity index (χ2v) is 11.2. The summed E-state index contributed by atoms with van der Waals surface area (Å²) in [6.07, 6.45) is 0.869. The Bertz CT molecular complexity index is 905. The van der Waals surface area contributed by atoms with Gasteiger partial charge in [-0.2, -0.15) is 10.5 Å². The summed E-state index contributed by atoms with van der Waals surface area (Å²) in [5, 5.41) is 14.1. The van der Waals surface area contributed by atoms with Crippen LogP contribution in [0.1, 0.15) is 78.2 Å². The number of hydroxylamine groups is 3. The molecule has 1 aromatic rings. The third-order valence-corrected chi connectivity index (χ3v) is 6.27. The lowest BCUT2D eigenvalue weighted by Crippen LogP contribution is -2.54. The fourth-order valence-electron chi connectivity index (χ4n) is 3.77. The Hall–Kier alpha value is -2.30. The monoisotopic (exact) mass is 521 g/mol. The van der Waals surface area contributed by atoms with E-state index in [2.05, 4.69) is 24.6 Å². The maximum atomic E-state index is 12.2. The fraction of sp³-hybridized carbons (Fsp3) is 0.643. The topological polar surface area (TPSA) is 109 Å². The third kappa shape index (κ3) is 9.50. The number of aromatic carboxylic acids is 1. The second kappa shape index (κ2) is 14.0. The van der Waals surface area contributed by atoms with Crippen LogP contribution >= 0.6 is 0 Å². The first-order chi connectivity index (χ1) is 17.1. The van der Waals surface area contributed by atoms with Gasteiger partial charge in [0.15, 0.2) is 6.23 Å². The molecule has 210 valence electrons. The number of ether oxygens (including phenoxy) is 1. The molecular weight excluding hydrogens is 474 g/mol. The summed E-state index contributed by atoms with van der Waals surface area (Å²) in [6.45, 7) is 18.1. The van der Waals surface area contributed by atoms with E-state index in [4.69, 9.17) is 14.4 Å². The van der Waals surface area contributed by atoms with Crippen molar-refractivity contribution in [2.24, 2.45) is 11.3 Å². The van der Waals surface area contributed by atoms with Gasteiger partial charge in [-0.05, 0) is 44.5 Å². The molecule has 37 heavy (non-hydrogen) atoms. The molecule has 0 aliphatic carbocycles. The maximum Gasteiger partial charge on any atom is 0.335 e. The Kier molecular flexibility index (Phi) is 12.4. The molecule has 0 aromatic heterocycles. The van der Waals surface area contributed by atoms with Gasteiger partial charge in [-0.25, -0.2) is 9.59 Å². The number of carbonyl (C=O) groups is 2. The molecule has 1 rings (SSSR count). The molecule has 0 fully saturated rings. The van der Waals surface area contributed by atoms with Gasteiger partial charge in [0.25, 0.3) is 0 Å². The number of carboxylic acids is 1. The Balaban J connectivity index is 3.07. The van der Waals surface area contributed by atoms with Crippen molar-refractivity contribution in [1.82, 2.24) is 15.9 Å². The highest BCUT2D eigenvalue weighted by Crippen LogP contribution is 2.29. The van der Waals surface area contributed by atoms with Gasteiger partial charge in [-0.3, -0.25) is 15.0 Å². The van der Waals surface area contributed by atoms with E-state index in [1.54, 1.807) is 50.2 Å². The van der Waals surface area contributed by atoms with Crippen LogP contribution in [0.3, 0.4) is 0 Å². The smallest absolute Gasteiger partial charge is 0.335 e. The van der Waals surface area contributed by atoms with Crippen molar-refractivity contribution in [3.63, 3.8) is 0 Å². The highest BCUT2D eigenvalue weighted by atomic mass is 16.8. The normalized spacial score (nSPS) is 15.5. The number of hydrogen-bond donors (Lipinski definition) is 3. The summed E-state index contributed by atoms with van der Waals surface area (Å²) < 4.78 is 5.13. The molecule has 9 nitrogen and oxygen atoms in total. The van der Waals surface area contributed by atoms with Gasteiger partial charge in [0.1, 0.15) is 6.23 Å². The van der Waals surface area contributed by atoms with E-state index in [0.717, 1.165) is 5.56 Å². The molecular formula is C28H47N3O6. The fourth-order valence-corrected chi connectivity index (χ4v) is 3.77. The Morgan fingerprint density at radius 1 is 1.08 bits per heavy atom. The second-order valence-electron chi connectivity index (χ2n) is 11.2. The first-order valence-electron chi connectivity index (χ1n) is 12.7. The van der Waals surface area contributed by atoms with Crippen LogP contribution in [0.25, 0.3) is 0 Å². The number of hydrogen-bond acceptors (Lipinski definition) is 8. The molecule has 9 heteroatoms. The zero-order valence-corrected chi connectivity index (χ0v) is 24.3. The molecule has 0 aliphatic heterocycles. The minimum absolute atomic E-state index is 0.161. The molecule has 0 spiro atoms. The molecule has 3 N–H and O–H groups in total. The summed E-state index contributed by atoms with van der Waals surface area (Å²) in [7, 11) is 3.64. The molecule has 1 aromatic carbocycles. The zero-order valence-electron chi connectivity index (χ0n) is 24.3. The lowest BCUT2D eigenvalue weighted by atomic mass is 9.82. The molecule has 0 amide bonds. The van der Waals surface area contributed by atoms with Crippen molar-refractivity contribution >= 4 is 11.9 Å². The van der Waals surface area contributed by atoms with Gasteiger partial charge in [-0.1, -0.05) is 66.7 Å². The van der Waals surface area contributed by atoms with Crippen LogP contribution in [0.5, 0.6) is 0 Å². The Labute approximate surface area is 222 Å². The van der Waals surface area contributed by atoms with Crippen molar-refractivity contribution in [3.05, 3.63) is 47.0 Å². The molecule has 0 heterocycles. The highest BCUT2D eigenvalue weighted by molar-refractivity contribution is 5.88. The SMILES string of the molecule is CCOC(=O)/C(C)=C/[C@H](C(C)C)N(C)O[C@H](NOC(NC)C(C)(C)c1ccc(C(=O)O)cc1)C(C)(C)C. The highest BCUT2D eigenvalue weighted by Gasteiger charge is 2.35. The predicted octanol–water partition coefficient (Wildman–Crippen LogP) is 4.50. The van der Waals surface area contributed by atoms with Crippen molar-refractivity contribution in [3.8, 4) is 0 Å². The van der Waals surface area contributed by atoms with Gasteiger partial charge < -0.3 is 9.84 Å². The summed E-state index contributed by atoms with van der Waals surface area (Å²) >= 11 is 0. The molecule has 0 saturated heterocycles. The number of rotatable bonds is 14. The number of nitrogens with one attached hydrogen (secondary N) is 2. The average molecular weight is 522 g/mol. The molecule has 0 saturated carbocycles. The lowest BCUT2D eigenvalue weighted by molar-refractivity contribution is -0.277. The third-order valence-electron chi connectivity index (χ3n) is 6.27. The zero-order chi connectivity index (χ0) is 28.6. The van der Waals surface area contributed by atoms with Gasteiger partial charge >= 0.3 is 11.9 Å². The van der Waals surface area contributed by atoms with Crippen LogP contribution in [-0.4, -0.2) is 61.3 Å². The molecule has 0 radical (unpaired) electrons. The summed E-state index contributed by atoms with van der Waals surface area (Å²) in [6, 6.07) is 6.60. The minimum atomic E-state index is -0.964. The van der Waals surface area contributed by atoms with E-state index in [-0.39, 0.29) is 28.9 Å². The van der Waals surface area contributed by atoms with Crippen LogP contribution in [0.4, 0.5) is 0 Å². The van der Waals surface area contributed by atoms with Crippen molar-refractivity contribution in [2.45, 2.75) is 86.2 Å². The van der Waals surface area contributed by atoms with Crippen molar-refractivity contribution in [2.75, 3.05) is 20.7 Å². The standard InChI is InChI=1S/C28H47N3O6/c1-12-35-24(34)19(4)17-22(18(2)3)31(11)37-25(27(5,6)7)30-36-26(29-10)28(8,9)21-15-13-20(14-16-21)23(32)33/h13-18,22,25-26,29-30H,12H2,1-11H3,(H,32,33)/b19-17+/t22-,25+,26?/m1/s1. The number of benzene rings is 1. The van der Waals surface area contributed by atoms with E-state index in [1.807, 2.05) is 47.7 Å². The van der Waals surface area contributed by atoms with Crippen LogP contribution in [0.15, 0.2) is 35.9 Å². The number of likely N-dealkylation sites (N-methyl/N-ethyl adjacent to an activating group) is 2. The molecule has 3 atom stereocenters. The largest absolute Gasteiger partial charge is 0.478 e. The number of nitrogens with zero attached hydrogens (tertiary/aromatic N) is 1. The quantitative estimate of drug-likeness (QED) is 0.141. The molecule has 1 unspecified atom stereocenters. The number of esters is 1. The summed E-state index contributed by atoms with van der Waals surface area (Å²) in [5.41, 5.74) is 3.93. The van der Waals surface area contributed by atoms with E-state index in [9.17, 15) is 14.7 Å². The van der Waals surface area contributed by atoms with E-state index in [1.165, 1.54) is 0 Å². The Morgan fingerprint density at radius 3 is 2.08 bits per heavy atom. The minimum Gasteiger partial charge on any atom is -0.478 e. The summed E-state index contributed by atoms with van der Waals surface area (Å²) in [4.78, 5) is 35.9. The van der Waals surface area contributed by atoms with E-state index in [0.29, 0.717) is 12.2 Å². The van der Waals surface area contributed by atoms with Crippen LogP contribution in [-0.2, 0) is 24.6 Å². The van der Waals surface area contributed by atoms with Crippen molar-refractivity contribution in [1.29, 1.82) is 0 Å². The van der Waals surface area contributed by atoms with E-state index >= 15 is 0 Å². The van der Waals surface area contributed by atoms with Gasteiger partial charge in [-0.15, -0.1) is 0 Å². The van der Waals surface area contributed by atoms with Crippen LogP contribution < -0.4 is 10.8 Å². The maximum absolute atomic E-state index is 12.2. The van der Waals surface area contributed by atoms with Crippen molar-refractivity contribution < 1.29 is 29.1 Å². The first-order valence-corrected chi connectivity index (χ1v) is 12.7. The number of carbonyl (C=O) groups excluding carboxylic acids is 1. The number of carboxylic acid groups (broad SMARTS) is 1. The predicted molar refractivity (Wildman–Crippen MR) is 145 cm³/mol. The van der Waals surface area contributed by atoms with Crippen LogP contribution in [0, 0.1) is 11.3 Å².